The zero-order chi connectivity index (χ0) is 26.2. The summed E-state index contributed by atoms with van der Waals surface area (Å²) in [4.78, 5) is 26.5. The number of hydrogen-bond acceptors (Lipinski definition) is 9. The number of thiophene rings is 1. The summed E-state index contributed by atoms with van der Waals surface area (Å²) in [5.74, 6) is -0.719. The molecular weight excluding hydrogens is 522 g/mol. The molecule has 36 heavy (non-hydrogen) atoms. The van der Waals surface area contributed by atoms with Gasteiger partial charge in [-0.15, -0.1) is 11.3 Å². The van der Waals surface area contributed by atoms with Gasteiger partial charge in [0.2, 0.25) is 5.91 Å². The number of benzene rings is 1. The van der Waals surface area contributed by atoms with Crippen molar-refractivity contribution < 1.29 is 23.8 Å². The number of nitrogens with one attached hydrogen (secondary N) is 2. The molecule has 2 heterocycles. The number of dihydropyridines is 1. The van der Waals surface area contributed by atoms with E-state index >= 15 is 0 Å². The number of carbonyl (C=O) groups is 2. The van der Waals surface area contributed by atoms with E-state index in [1.54, 1.807) is 19.1 Å². The molecule has 1 amide bonds. The predicted octanol–water partition coefficient (Wildman–Crippen LogP) is 5.22. The van der Waals surface area contributed by atoms with Gasteiger partial charge in [-0.25, -0.2) is 4.79 Å². The number of anilines is 1. The minimum absolute atomic E-state index is 0.0116. The van der Waals surface area contributed by atoms with Crippen LogP contribution in [0.15, 0.2) is 64.2 Å². The molecule has 0 saturated carbocycles. The molecule has 188 valence electrons. The Morgan fingerprint density at radius 2 is 2.08 bits per heavy atom. The van der Waals surface area contributed by atoms with Crippen molar-refractivity contribution in [2.75, 3.05) is 31.9 Å². The van der Waals surface area contributed by atoms with Gasteiger partial charge in [-0.1, -0.05) is 42.1 Å². The molecule has 1 aromatic heterocycles. The van der Waals surface area contributed by atoms with Crippen LogP contribution in [0.25, 0.3) is 0 Å². The Hall–Kier alpha value is -3.39. The molecule has 2 N–H and O–H groups in total. The van der Waals surface area contributed by atoms with Crippen molar-refractivity contribution in [1.82, 2.24) is 5.32 Å². The highest BCUT2D eigenvalue weighted by Crippen LogP contribution is 2.42. The van der Waals surface area contributed by atoms with E-state index in [4.69, 9.17) is 25.8 Å². The van der Waals surface area contributed by atoms with Crippen LogP contribution in [0.4, 0.5) is 5.69 Å². The van der Waals surface area contributed by atoms with E-state index in [1.165, 1.54) is 31.6 Å². The Balaban J connectivity index is 1.85. The molecule has 1 aliphatic rings. The van der Waals surface area contributed by atoms with Crippen molar-refractivity contribution >= 4 is 52.3 Å². The summed E-state index contributed by atoms with van der Waals surface area (Å²) >= 11 is 8.73. The van der Waals surface area contributed by atoms with Crippen molar-refractivity contribution in [3.8, 4) is 17.6 Å². The van der Waals surface area contributed by atoms with E-state index in [-0.39, 0.29) is 18.3 Å². The van der Waals surface area contributed by atoms with Crippen LogP contribution in [0.1, 0.15) is 17.7 Å². The quantitative estimate of drug-likeness (QED) is 0.309. The predicted molar refractivity (Wildman–Crippen MR) is 142 cm³/mol. The van der Waals surface area contributed by atoms with Gasteiger partial charge in [0.1, 0.15) is 18.1 Å². The van der Waals surface area contributed by atoms with Crippen LogP contribution in [-0.2, 0) is 14.3 Å². The molecule has 0 bridgehead atoms. The fraction of sp³-hybridized carbons (Fsp3) is 0.240. The third-order valence-corrected chi connectivity index (χ3v) is 7.37. The van der Waals surface area contributed by atoms with Gasteiger partial charge >= 0.3 is 5.97 Å². The lowest BCUT2D eigenvalue weighted by Gasteiger charge is -2.28. The second-order valence-electron chi connectivity index (χ2n) is 7.38. The van der Waals surface area contributed by atoms with Crippen molar-refractivity contribution in [2.45, 2.75) is 12.8 Å². The Labute approximate surface area is 222 Å². The van der Waals surface area contributed by atoms with Crippen molar-refractivity contribution in [2.24, 2.45) is 0 Å². The Kier molecular flexibility index (Phi) is 9.47. The molecule has 8 nitrogen and oxygen atoms in total. The molecule has 0 spiro atoms. The summed E-state index contributed by atoms with van der Waals surface area (Å²) in [5, 5.41) is 18.7. The monoisotopic (exact) mass is 545 g/mol. The van der Waals surface area contributed by atoms with Gasteiger partial charge in [0.05, 0.1) is 58.8 Å². The van der Waals surface area contributed by atoms with Crippen LogP contribution in [0, 0.1) is 11.3 Å². The molecule has 0 saturated heterocycles. The Morgan fingerprint density at radius 3 is 2.69 bits per heavy atom. The van der Waals surface area contributed by atoms with Crippen molar-refractivity contribution in [3.05, 3.63) is 74.1 Å². The highest BCUT2D eigenvalue weighted by atomic mass is 35.5. The molecule has 0 radical (unpaired) electrons. The standard InChI is InChI=1S/C25H24ClN3O5S2/c1-5-8-34-25(31)22-14(2)28-24(15(12-27)23(22)20-7-6-9-35-20)36-13-21(30)29-17-11-18(32-3)16(26)10-19(17)33-4/h5-7,9-11,23,28H,1,8,13H2,2-4H3,(H,29,30)/t23-/m1/s1. The number of nitrogens with zero attached hydrogens (tertiary/aromatic N) is 1. The lowest BCUT2D eigenvalue weighted by Crippen LogP contribution is -2.29. The van der Waals surface area contributed by atoms with Crippen LogP contribution in [-0.4, -0.2) is 38.5 Å². The number of methoxy groups -OCH3 is 2. The number of amides is 1. The molecule has 1 aliphatic heterocycles. The van der Waals surface area contributed by atoms with Crippen molar-refractivity contribution in [3.63, 3.8) is 0 Å². The first-order valence-electron chi connectivity index (χ1n) is 10.6. The molecule has 3 rings (SSSR count). The first-order chi connectivity index (χ1) is 17.3. The fourth-order valence-electron chi connectivity index (χ4n) is 3.53. The molecule has 0 unspecified atom stereocenters. The number of nitriles is 1. The summed E-state index contributed by atoms with van der Waals surface area (Å²) in [6.07, 6.45) is 1.48. The number of hydrogen-bond donors (Lipinski definition) is 2. The van der Waals surface area contributed by atoms with E-state index in [1.807, 2.05) is 17.5 Å². The van der Waals surface area contributed by atoms with E-state index in [0.29, 0.717) is 44.1 Å². The van der Waals surface area contributed by atoms with E-state index in [9.17, 15) is 14.9 Å². The van der Waals surface area contributed by atoms with Gasteiger partial charge in [-0.05, 0) is 18.4 Å². The van der Waals surface area contributed by atoms with Gasteiger partial charge in [-0.3, -0.25) is 4.79 Å². The molecule has 0 aliphatic carbocycles. The highest BCUT2D eigenvalue weighted by Gasteiger charge is 2.36. The van der Waals surface area contributed by atoms with E-state index < -0.39 is 11.9 Å². The third-order valence-electron chi connectivity index (χ3n) is 5.12. The van der Waals surface area contributed by atoms with Crippen LogP contribution >= 0.6 is 34.7 Å². The fourth-order valence-corrected chi connectivity index (χ4v) is 5.50. The Morgan fingerprint density at radius 1 is 1.33 bits per heavy atom. The van der Waals surface area contributed by atoms with Gasteiger partial charge in [-0.2, -0.15) is 5.26 Å². The maximum Gasteiger partial charge on any atom is 0.337 e. The number of halogens is 1. The van der Waals surface area contributed by atoms with Gasteiger partial charge in [0.15, 0.2) is 0 Å². The number of carbonyl (C=O) groups excluding carboxylic acids is 2. The SMILES string of the molecule is C=CCOC(=O)C1=C(C)NC(SCC(=O)Nc2cc(OC)c(Cl)cc2OC)=C(C#N)[C@@H]1c1cccs1. The maximum atomic E-state index is 12.8. The minimum atomic E-state index is -0.611. The van der Waals surface area contributed by atoms with Gasteiger partial charge < -0.3 is 24.8 Å². The largest absolute Gasteiger partial charge is 0.495 e. The summed E-state index contributed by atoms with van der Waals surface area (Å²) in [6, 6.07) is 9.06. The van der Waals surface area contributed by atoms with Crippen LogP contribution in [0.2, 0.25) is 5.02 Å². The molecule has 2 aromatic rings. The second kappa shape index (κ2) is 12.5. The molecule has 1 atom stereocenters. The maximum absolute atomic E-state index is 12.8. The second-order valence-corrected chi connectivity index (χ2v) is 9.75. The van der Waals surface area contributed by atoms with Crippen LogP contribution in [0.3, 0.4) is 0 Å². The average molecular weight is 546 g/mol. The number of ether oxygens (including phenoxy) is 3. The number of rotatable bonds is 10. The Bertz CT molecular complexity index is 1270. The summed E-state index contributed by atoms with van der Waals surface area (Å²) in [6.45, 7) is 5.37. The molecule has 11 heteroatoms. The van der Waals surface area contributed by atoms with Gasteiger partial charge in [0, 0.05) is 22.7 Å². The zero-order valence-corrected chi connectivity index (χ0v) is 22.2. The third kappa shape index (κ3) is 6.05. The normalized spacial score (nSPS) is 15.0. The lowest BCUT2D eigenvalue weighted by molar-refractivity contribution is -0.138. The summed E-state index contributed by atoms with van der Waals surface area (Å²) < 4.78 is 15.8. The molecular formula is C25H24ClN3O5S2. The zero-order valence-electron chi connectivity index (χ0n) is 19.8. The first kappa shape index (κ1) is 27.2. The topological polar surface area (TPSA) is 110 Å². The minimum Gasteiger partial charge on any atom is -0.495 e. The lowest BCUT2D eigenvalue weighted by atomic mass is 9.87. The number of thioether (sulfide) groups is 1. The van der Waals surface area contributed by atoms with Crippen LogP contribution < -0.4 is 20.1 Å². The number of allylic oxidation sites excluding steroid dienone is 2. The van der Waals surface area contributed by atoms with Gasteiger partial charge in [0.25, 0.3) is 0 Å². The molecule has 0 fully saturated rings. The van der Waals surface area contributed by atoms with Crippen LogP contribution in [0.5, 0.6) is 11.5 Å². The summed E-state index contributed by atoms with van der Waals surface area (Å²) in [5.41, 5.74) is 1.63. The van der Waals surface area contributed by atoms with Crippen molar-refractivity contribution in [1.29, 1.82) is 5.26 Å². The van der Waals surface area contributed by atoms with E-state index in [2.05, 4.69) is 23.3 Å². The first-order valence-corrected chi connectivity index (χ1v) is 12.9. The van der Waals surface area contributed by atoms with E-state index in [0.717, 1.165) is 16.6 Å². The number of esters is 1. The summed E-state index contributed by atoms with van der Waals surface area (Å²) in [7, 11) is 2.94. The highest BCUT2D eigenvalue weighted by molar-refractivity contribution is 8.03. The average Bonchev–Trinajstić information content (AvgIpc) is 3.41. The molecule has 1 aromatic carbocycles. The smallest absolute Gasteiger partial charge is 0.337 e.